The second kappa shape index (κ2) is 6.63. The molecule has 1 aliphatic heterocycles. The van der Waals surface area contributed by atoms with Gasteiger partial charge in [-0.25, -0.2) is 0 Å². The Hall–Kier alpha value is -1.46. The topological polar surface area (TPSA) is 61.6 Å². The molecule has 1 aromatic rings. The molecule has 0 saturated carbocycles. The van der Waals surface area contributed by atoms with Gasteiger partial charge < -0.3 is 9.47 Å². The number of ether oxygens (including phenoxy) is 2. The van der Waals surface area contributed by atoms with Crippen molar-refractivity contribution in [1.29, 1.82) is 0 Å². The Bertz CT molecular complexity index is 409. The molecule has 0 spiro atoms. The van der Waals surface area contributed by atoms with Crippen LogP contribution < -0.4 is 0 Å². The Morgan fingerprint density at radius 1 is 1.42 bits per heavy atom. The molecule has 2 rings (SSSR count). The minimum absolute atomic E-state index is 0.158. The van der Waals surface area contributed by atoms with Crippen molar-refractivity contribution in [2.45, 2.75) is 44.7 Å². The molecular formula is C14H19NO4. The van der Waals surface area contributed by atoms with Gasteiger partial charge >= 0.3 is 0 Å². The summed E-state index contributed by atoms with van der Waals surface area (Å²) in [6.07, 6.45) is 2.12. The quantitative estimate of drug-likeness (QED) is 0.606. The van der Waals surface area contributed by atoms with E-state index in [1.807, 2.05) is 37.3 Å². The molecular weight excluding hydrogens is 246 g/mol. The predicted octanol–water partition coefficient (Wildman–Crippen LogP) is 2.94. The van der Waals surface area contributed by atoms with Gasteiger partial charge in [0.1, 0.15) is 6.10 Å². The van der Waals surface area contributed by atoms with E-state index < -0.39 is 6.10 Å². The van der Waals surface area contributed by atoms with Gasteiger partial charge in [-0.05, 0) is 31.7 Å². The first-order valence-electron chi connectivity index (χ1n) is 6.63. The molecule has 1 fully saturated rings. The van der Waals surface area contributed by atoms with Crippen molar-refractivity contribution >= 4 is 0 Å². The first-order chi connectivity index (χ1) is 9.15. The van der Waals surface area contributed by atoms with Crippen molar-refractivity contribution in [3.8, 4) is 0 Å². The van der Waals surface area contributed by atoms with Crippen LogP contribution in [0.4, 0.5) is 0 Å². The zero-order valence-electron chi connectivity index (χ0n) is 11.0. The average Bonchev–Trinajstić information content (AvgIpc) is 2.38. The lowest BCUT2D eigenvalue weighted by molar-refractivity contribution is -0.496. The number of benzene rings is 1. The monoisotopic (exact) mass is 265 g/mol. The maximum absolute atomic E-state index is 10.8. The molecule has 1 saturated heterocycles. The fraction of sp³-hybridized carbons (Fsp3) is 0.571. The lowest BCUT2D eigenvalue weighted by atomic mass is 10.1. The van der Waals surface area contributed by atoms with Crippen LogP contribution in [0.1, 0.15) is 37.9 Å². The third-order valence-corrected chi connectivity index (χ3v) is 3.24. The molecule has 1 aromatic carbocycles. The normalized spacial score (nSPS) is 24.9. The molecule has 0 unspecified atom stereocenters. The molecule has 0 aromatic heterocycles. The smallest absolute Gasteiger partial charge is 0.233 e. The van der Waals surface area contributed by atoms with Crippen LogP contribution in [0.3, 0.4) is 0 Å². The highest BCUT2D eigenvalue weighted by molar-refractivity contribution is 5.17. The van der Waals surface area contributed by atoms with Gasteiger partial charge in [0.25, 0.3) is 0 Å². The Morgan fingerprint density at radius 3 is 2.79 bits per heavy atom. The molecule has 0 N–H and O–H groups in total. The second-order valence-electron chi connectivity index (χ2n) is 4.86. The van der Waals surface area contributed by atoms with E-state index in [0.29, 0.717) is 0 Å². The first kappa shape index (κ1) is 14.0. The van der Waals surface area contributed by atoms with Crippen LogP contribution in [0, 0.1) is 10.1 Å². The molecule has 0 aliphatic carbocycles. The Balaban J connectivity index is 2.03. The van der Waals surface area contributed by atoms with E-state index in [0.717, 1.165) is 24.8 Å². The highest BCUT2D eigenvalue weighted by Gasteiger charge is 2.26. The third-order valence-electron chi connectivity index (χ3n) is 3.24. The third kappa shape index (κ3) is 4.29. The van der Waals surface area contributed by atoms with Crippen molar-refractivity contribution in [2.75, 3.05) is 6.54 Å². The van der Waals surface area contributed by atoms with Crippen LogP contribution in [-0.2, 0) is 9.47 Å². The minimum atomic E-state index is -0.550. The first-order valence-corrected chi connectivity index (χ1v) is 6.63. The van der Waals surface area contributed by atoms with Gasteiger partial charge in [-0.1, -0.05) is 30.3 Å². The van der Waals surface area contributed by atoms with Crippen LogP contribution in [0.5, 0.6) is 0 Å². The highest BCUT2D eigenvalue weighted by atomic mass is 16.7. The fourth-order valence-corrected chi connectivity index (χ4v) is 2.28. The van der Waals surface area contributed by atoms with Crippen LogP contribution in [-0.4, -0.2) is 23.9 Å². The van der Waals surface area contributed by atoms with Gasteiger partial charge in [-0.15, -0.1) is 0 Å². The fourth-order valence-electron chi connectivity index (χ4n) is 2.28. The van der Waals surface area contributed by atoms with Crippen molar-refractivity contribution in [1.82, 2.24) is 0 Å². The van der Waals surface area contributed by atoms with Crippen molar-refractivity contribution in [2.24, 2.45) is 0 Å². The lowest BCUT2D eigenvalue weighted by Gasteiger charge is -2.30. The molecule has 19 heavy (non-hydrogen) atoms. The maximum atomic E-state index is 10.8. The Labute approximate surface area is 112 Å². The SMILES string of the molecule is C[C@H]1CCC[C@@H](O[C@H](C[N+](=O)[O-])c2ccccc2)O1. The van der Waals surface area contributed by atoms with E-state index in [9.17, 15) is 10.1 Å². The van der Waals surface area contributed by atoms with Crippen LogP contribution in [0.15, 0.2) is 30.3 Å². The summed E-state index contributed by atoms with van der Waals surface area (Å²) >= 11 is 0. The average molecular weight is 265 g/mol. The van der Waals surface area contributed by atoms with E-state index in [1.54, 1.807) is 0 Å². The number of nitrogens with zero attached hydrogens (tertiary/aromatic N) is 1. The summed E-state index contributed by atoms with van der Waals surface area (Å²) in [6.45, 7) is 1.76. The number of rotatable bonds is 5. The van der Waals surface area contributed by atoms with Gasteiger partial charge in [0, 0.05) is 4.92 Å². The number of nitro groups is 1. The molecule has 1 aliphatic rings. The van der Waals surface area contributed by atoms with E-state index in [1.165, 1.54) is 0 Å². The minimum Gasteiger partial charge on any atom is -0.350 e. The standard InChI is InChI=1S/C14H19NO4/c1-11-6-5-9-14(18-11)19-13(10-15(16)17)12-7-3-2-4-8-12/h2-4,7-8,11,13-14H,5-6,9-10H2,1H3/t11-,13+,14+/m0/s1. The van der Waals surface area contributed by atoms with Crippen molar-refractivity contribution in [3.05, 3.63) is 46.0 Å². The Kier molecular flexibility index (Phi) is 4.87. The van der Waals surface area contributed by atoms with Gasteiger partial charge in [0.05, 0.1) is 6.10 Å². The lowest BCUT2D eigenvalue weighted by Crippen LogP contribution is -2.31. The molecule has 104 valence electrons. The predicted molar refractivity (Wildman–Crippen MR) is 70.3 cm³/mol. The number of hydrogen-bond acceptors (Lipinski definition) is 4. The second-order valence-corrected chi connectivity index (χ2v) is 4.86. The van der Waals surface area contributed by atoms with Crippen LogP contribution >= 0.6 is 0 Å². The summed E-state index contributed by atoms with van der Waals surface area (Å²) < 4.78 is 11.5. The van der Waals surface area contributed by atoms with E-state index in [4.69, 9.17) is 9.47 Å². The molecule has 1 heterocycles. The van der Waals surface area contributed by atoms with Gasteiger partial charge in [-0.3, -0.25) is 10.1 Å². The van der Waals surface area contributed by atoms with Crippen molar-refractivity contribution < 1.29 is 14.4 Å². The zero-order valence-corrected chi connectivity index (χ0v) is 11.0. The van der Waals surface area contributed by atoms with Gasteiger partial charge in [0.15, 0.2) is 6.29 Å². The summed E-state index contributed by atoms with van der Waals surface area (Å²) in [5.41, 5.74) is 0.820. The molecule has 0 amide bonds. The zero-order chi connectivity index (χ0) is 13.7. The maximum Gasteiger partial charge on any atom is 0.233 e. The Morgan fingerprint density at radius 2 is 2.16 bits per heavy atom. The van der Waals surface area contributed by atoms with Crippen LogP contribution in [0.2, 0.25) is 0 Å². The number of hydrogen-bond donors (Lipinski definition) is 0. The summed E-state index contributed by atoms with van der Waals surface area (Å²) in [5.74, 6) is 0. The van der Waals surface area contributed by atoms with Gasteiger partial charge in [-0.2, -0.15) is 0 Å². The summed E-state index contributed by atoms with van der Waals surface area (Å²) in [6, 6.07) is 9.29. The van der Waals surface area contributed by atoms with Crippen molar-refractivity contribution in [3.63, 3.8) is 0 Å². The largest absolute Gasteiger partial charge is 0.350 e. The summed E-state index contributed by atoms with van der Waals surface area (Å²) in [7, 11) is 0. The van der Waals surface area contributed by atoms with Gasteiger partial charge in [0.2, 0.25) is 6.54 Å². The molecule has 5 nitrogen and oxygen atoms in total. The highest BCUT2D eigenvalue weighted by Crippen LogP contribution is 2.26. The molecule has 5 heteroatoms. The molecule has 0 bridgehead atoms. The summed E-state index contributed by atoms with van der Waals surface area (Å²) in [5, 5.41) is 10.8. The summed E-state index contributed by atoms with van der Waals surface area (Å²) in [4.78, 5) is 10.4. The van der Waals surface area contributed by atoms with E-state index >= 15 is 0 Å². The van der Waals surface area contributed by atoms with E-state index in [2.05, 4.69) is 0 Å². The van der Waals surface area contributed by atoms with Crippen LogP contribution in [0.25, 0.3) is 0 Å². The molecule has 3 atom stereocenters. The van der Waals surface area contributed by atoms with E-state index in [-0.39, 0.29) is 23.9 Å². The molecule has 0 radical (unpaired) electrons.